The zero-order valence-corrected chi connectivity index (χ0v) is 19.5. The molecule has 0 radical (unpaired) electrons. The van der Waals surface area contributed by atoms with Crippen LogP contribution < -0.4 is 5.32 Å². The second kappa shape index (κ2) is 7.95. The van der Waals surface area contributed by atoms with E-state index in [2.05, 4.69) is 29.6 Å². The molecule has 6 nitrogen and oxygen atoms in total. The van der Waals surface area contributed by atoms with Crippen LogP contribution in [-0.2, 0) is 22.9 Å². The number of carbonyl (C=O) groups is 1. The fourth-order valence-corrected chi connectivity index (χ4v) is 6.82. The summed E-state index contributed by atoms with van der Waals surface area (Å²) in [6.07, 6.45) is 2.10. The quantitative estimate of drug-likeness (QED) is 0.442. The Kier molecular flexibility index (Phi) is 5.23. The highest BCUT2D eigenvalue weighted by Gasteiger charge is 2.22. The van der Waals surface area contributed by atoms with E-state index in [0.29, 0.717) is 23.8 Å². The van der Waals surface area contributed by atoms with Gasteiger partial charge in [-0.15, -0.1) is 0 Å². The number of hydrogen-bond acceptors (Lipinski definition) is 5. The minimum Gasteiger partial charge on any atom is -0.298 e. The molecule has 8 heteroatoms. The van der Waals surface area contributed by atoms with Gasteiger partial charge in [-0.1, -0.05) is 43.4 Å². The molecule has 0 saturated carbocycles. The monoisotopic (exact) mass is 465 g/mol. The zero-order valence-electron chi connectivity index (χ0n) is 17.9. The van der Waals surface area contributed by atoms with Crippen LogP contribution >= 0.6 is 11.3 Å². The second-order valence-electron chi connectivity index (χ2n) is 7.81. The van der Waals surface area contributed by atoms with Crippen molar-refractivity contribution in [1.29, 1.82) is 0 Å². The van der Waals surface area contributed by atoms with Gasteiger partial charge < -0.3 is 0 Å². The molecule has 0 saturated heterocycles. The third-order valence-electron chi connectivity index (χ3n) is 6.03. The SMILES string of the molecule is CCN(CC)S(=O)(=O)c1ccc(C(=O)Nc2nc3c(cc4c5c(cccc53)CC4)s2)cc1. The van der Waals surface area contributed by atoms with Gasteiger partial charge in [0.1, 0.15) is 0 Å². The average molecular weight is 466 g/mol. The number of amides is 1. The first-order chi connectivity index (χ1) is 15.4. The number of benzene rings is 3. The summed E-state index contributed by atoms with van der Waals surface area (Å²) in [6, 6.07) is 14.6. The fourth-order valence-electron chi connectivity index (χ4n) is 4.42. The summed E-state index contributed by atoms with van der Waals surface area (Å²) >= 11 is 1.46. The summed E-state index contributed by atoms with van der Waals surface area (Å²) in [5.41, 5.74) is 4.00. The predicted molar refractivity (Wildman–Crippen MR) is 129 cm³/mol. The molecule has 0 unspecified atom stereocenters. The molecule has 5 rings (SSSR count). The van der Waals surface area contributed by atoms with E-state index in [-0.39, 0.29) is 10.8 Å². The standard InChI is InChI=1S/C24H23N3O3S2/c1-3-27(4-2)32(29,30)18-12-10-16(11-13-18)23(28)26-24-25-22-19-7-5-6-15-8-9-17(21(15)19)14-20(22)31-24/h5-7,10-14H,3-4,8-9H2,1-2H3,(H,25,26,28). The molecule has 1 heterocycles. The van der Waals surface area contributed by atoms with Crippen molar-refractivity contribution >= 4 is 53.4 Å². The van der Waals surface area contributed by atoms with E-state index in [0.717, 1.165) is 28.4 Å². The first-order valence-corrected chi connectivity index (χ1v) is 12.9. The van der Waals surface area contributed by atoms with Gasteiger partial charge in [0, 0.05) is 24.0 Å². The Labute approximate surface area is 190 Å². The Bertz CT molecular complexity index is 1450. The lowest BCUT2D eigenvalue weighted by Gasteiger charge is -2.18. The molecule has 0 atom stereocenters. The van der Waals surface area contributed by atoms with Crippen LogP contribution in [0, 0.1) is 0 Å². The van der Waals surface area contributed by atoms with E-state index in [1.807, 2.05) is 0 Å². The number of thiazole rings is 1. The smallest absolute Gasteiger partial charge is 0.257 e. The molecular weight excluding hydrogens is 442 g/mol. The summed E-state index contributed by atoms with van der Waals surface area (Å²) in [7, 11) is -3.55. The van der Waals surface area contributed by atoms with Gasteiger partial charge in [0.15, 0.2) is 5.13 Å². The van der Waals surface area contributed by atoms with E-state index in [1.165, 1.54) is 56.4 Å². The van der Waals surface area contributed by atoms with Gasteiger partial charge in [-0.25, -0.2) is 13.4 Å². The normalized spacial score (nSPS) is 13.3. The first kappa shape index (κ1) is 21.1. The Morgan fingerprint density at radius 3 is 2.50 bits per heavy atom. The molecule has 164 valence electrons. The van der Waals surface area contributed by atoms with Gasteiger partial charge in [0.25, 0.3) is 5.91 Å². The number of nitrogens with one attached hydrogen (secondary N) is 1. The lowest BCUT2D eigenvalue weighted by Crippen LogP contribution is -2.30. The van der Waals surface area contributed by atoms with E-state index >= 15 is 0 Å². The Morgan fingerprint density at radius 2 is 1.78 bits per heavy atom. The first-order valence-electron chi connectivity index (χ1n) is 10.7. The highest BCUT2D eigenvalue weighted by molar-refractivity contribution is 7.89. The van der Waals surface area contributed by atoms with E-state index in [1.54, 1.807) is 13.8 Å². The summed E-state index contributed by atoms with van der Waals surface area (Å²) < 4.78 is 27.7. The molecule has 3 aromatic carbocycles. The lowest BCUT2D eigenvalue weighted by atomic mass is 10.0. The number of sulfonamides is 1. The van der Waals surface area contributed by atoms with Crippen LogP contribution in [0.1, 0.15) is 35.3 Å². The van der Waals surface area contributed by atoms with Crippen molar-refractivity contribution in [3.05, 3.63) is 65.2 Å². The van der Waals surface area contributed by atoms with Crippen molar-refractivity contribution in [2.45, 2.75) is 31.6 Å². The van der Waals surface area contributed by atoms with Crippen molar-refractivity contribution in [3.63, 3.8) is 0 Å². The van der Waals surface area contributed by atoms with Crippen LogP contribution in [0.5, 0.6) is 0 Å². The van der Waals surface area contributed by atoms with Crippen LogP contribution in [0.2, 0.25) is 0 Å². The molecule has 0 spiro atoms. The zero-order chi connectivity index (χ0) is 22.5. The minimum atomic E-state index is -3.55. The fraction of sp³-hybridized carbons (Fsp3) is 0.250. The van der Waals surface area contributed by atoms with E-state index in [4.69, 9.17) is 4.98 Å². The number of hydrogen-bond donors (Lipinski definition) is 1. The molecule has 1 aromatic heterocycles. The minimum absolute atomic E-state index is 0.182. The molecule has 32 heavy (non-hydrogen) atoms. The molecule has 0 fully saturated rings. The second-order valence-corrected chi connectivity index (χ2v) is 10.8. The number of rotatable bonds is 6. The Hall–Kier alpha value is -2.81. The van der Waals surface area contributed by atoms with Crippen molar-refractivity contribution in [2.75, 3.05) is 18.4 Å². The highest BCUT2D eigenvalue weighted by Crippen LogP contribution is 2.39. The van der Waals surface area contributed by atoms with Crippen LogP contribution in [0.15, 0.2) is 53.4 Å². The van der Waals surface area contributed by atoms with Gasteiger partial charge in [0.2, 0.25) is 10.0 Å². The predicted octanol–water partition coefficient (Wildman–Crippen LogP) is 4.83. The van der Waals surface area contributed by atoms with Gasteiger partial charge in [0.05, 0.1) is 15.1 Å². The van der Waals surface area contributed by atoms with Gasteiger partial charge in [-0.05, 0) is 59.7 Å². The molecule has 1 aliphatic carbocycles. The molecule has 0 bridgehead atoms. The van der Waals surface area contributed by atoms with Crippen LogP contribution in [0.4, 0.5) is 5.13 Å². The molecule has 1 N–H and O–H groups in total. The van der Waals surface area contributed by atoms with E-state index in [9.17, 15) is 13.2 Å². The molecular formula is C24H23N3O3S2. The van der Waals surface area contributed by atoms with Crippen molar-refractivity contribution in [3.8, 4) is 0 Å². The Morgan fingerprint density at radius 1 is 1.06 bits per heavy atom. The molecule has 0 aliphatic heterocycles. The number of anilines is 1. The third-order valence-corrected chi connectivity index (χ3v) is 9.01. The summed E-state index contributed by atoms with van der Waals surface area (Å²) in [5.74, 6) is -0.312. The Balaban J connectivity index is 1.42. The van der Waals surface area contributed by atoms with Crippen molar-refractivity contribution in [1.82, 2.24) is 9.29 Å². The van der Waals surface area contributed by atoms with Gasteiger partial charge in [-0.3, -0.25) is 10.1 Å². The topological polar surface area (TPSA) is 79.4 Å². The highest BCUT2D eigenvalue weighted by atomic mass is 32.2. The summed E-state index contributed by atoms with van der Waals surface area (Å²) in [5, 5.41) is 5.85. The summed E-state index contributed by atoms with van der Waals surface area (Å²) in [6.45, 7) is 4.40. The van der Waals surface area contributed by atoms with E-state index < -0.39 is 10.0 Å². The molecule has 1 aliphatic rings. The summed E-state index contributed by atoms with van der Waals surface area (Å²) in [4.78, 5) is 17.7. The van der Waals surface area contributed by atoms with Crippen LogP contribution in [0.25, 0.3) is 21.0 Å². The number of nitrogens with zero attached hydrogens (tertiary/aromatic N) is 2. The van der Waals surface area contributed by atoms with Crippen LogP contribution in [-0.4, -0.2) is 36.7 Å². The molecule has 1 amide bonds. The van der Waals surface area contributed by atoms with Crippen molar-refractivity contribution in [2.24, 2.45) is 0 Å². The van der Waals surface area contributed by atoms with Crippen LogP contribution in [0.3, 0.4) is 0 Å². The maximum atomic E-state index is 12.8. The largest absolute Gasteiger partial charge is 0.298 e. The maximum Gasteiger partial charge on any atom is 0.257 e. The van der Waals surface area contributed by atoms with Gasteiger partial charge >= 0.3 is 0 Å². The number of fused-ring (bicyclic) bond motifs is 2. The number of aromatic nitrogens is 1. The lowest BCUT2D eigenvalue weighted by molar-refractivity contribution is 0.102. The average Bonchev–Trinajstić information content (AvgIpc) is 3.39. The maximum absolute atomic E-state index is 12.8. The number of aryl methyl sites for hydroxylation is 2. The van der Waals surface area contributed by atoms with Gasteiger partial charge in [-0.2, -0.15) is 4.31 Å². The third kappa shape index (κ3) is 3.39. The van der Waals surface area contributed by atoms with Crippen molar-refractivity contribution < 1.29 is 13.2 Å². The number of carbonyl (C=O) groups excluding carboxylic acids is 1. The molecule has 4 aromatic rings.